The minimum absolute atomic E-state index is 0.0824. The quantitative estimate of drug-likeness (QED) is 0.588. The summed E-state index contributed by atoms with van der Waals surface area (Å²) in [5, 5.41) is 2.36. The molecule has 22 heavy (non-hydrogen) atoms. The topological polar surface area (TPSA) is 0 Å². The molecule has 0 nitrogen and oxygen atoms in total. The smallest absolute Gasteiger partial charge is 0.0164 e. The van der Waals surface area contributed by atoms with Crippen LogP contribution in [0.5, 0.6) is 0 Å². The molecular weight excluding hydrogens is 280 g/mol. The molecule has 2 aliphatic heterocycles. The van der Waals surface area contributed by atoms with E-state index in [2.05, 4.69) is 12.1 Å². The molecule has 1 heteroatoms. The van der Waals surface area contributed by atoms with Crippen molar-refractivity contribution >= 4 is 13.6 Å². The van der Waals surface area contributed by atoms with Crippen molar-refractivity contribution < 1.29 is 0 Å². The van der Waals surface area contributed by atoms with E-state index in [0.717, 1.165) is 0 Å². The van der Waals surface area contributed by atoms with Gasteiger partial charge in [-0.3, -0.25) is 0 Å². The summed E-state index contributed by atoms with van der Waals surface area (Å²) in [6, 6.07) is 0. The first-order chi connectivity index (χ1) is 10.9. The maximum atomic E-state index is 2.77. The van der Waals surface area contributed by atoms with Crippen molar-refractivity contribution in [3.8, 4) is 0 Å². The lowest BCUT2D eigenvalue weighted by molar-refractivity contribution is -0.179. The molecule has 0 spiro atoms. The fourth-order valence-electron chi connectivity index (χ4n) is 11.3. The average Bonchev–Trinajstić information content (AvgIpc) is 3.10. The van der Waals surface area contributed by atoms with Gasteiger partial charge in [-0.05, 0) is 102 Å². The van der Waals surface area contributed by atoms with E-state index in [0.29, 0.717) is 0 Å². The summed E-state index contributed by atoms with van der Waals surface area (Å²) in [5.74, 6) is 13.6. The molecule has 0 N–H and O–H groups in total. The second kappa shape index (κ2) is 3.26. The van der Waals surface area contributed by atoms with Crippen LogP contribution in [0.3, 0.4) is 0 Å². The minimum Gasteiger partial charge on any atom is -0.0815 e. The van der Waals surface area contributed by atoms with Crippen molar-refractivity contribution in [2.75, 3.05) is 0 Å². The van der Waals surface area contributed by atoms with Crippen LogP contribution in [0.1, 0.15) is 45.4 Å². The van der Waals surface area contributed by atoms with Crippen LogP contribution < -0.4 is 0 Å². The van der Waals surface area contributed by atoms with Gasteiger partial charge in [0.2, 0.25) is 0 Å². The summed E-state index contributed by atoms with van der Waals surface area (Å²) in [4.78, 5) is 0. The Morgan fingerprint density at radius 3 is 2.23 bits per heavy atom. The van der Waals surface area contributed by atoms with Crippen molar-refractivity contribution in [2.24, 2.45) is 65.1 Å². The van der Waals surface area contributed by atoms with E-state index < -0.39 is 0 Å². The summed E-state index contributed by atoms with van der Waals surface area (Å²) >= 11 is 0. The molecule has 2 heterocycles. The van der Waals surface area contributed by atoms with Crippen LogP contribution in [0.25, 0.3) is 0 Å². The Morgan fingerprint density at radius 2 is 1.36 bits per heavy atom. The third kappa shape index (κ3) is 0.863. The summed E-state index contributed by atoms with van der Waals surface area (Å²) in [6.45, 7) is 2.77. The minimum atomic E-state index is -0.0824. The van der Waals surface area contributed by atoms with E-state index in [9.17, 15) is 0 Å². The first-order valence-corrected chi connectivity index (χ1v) is 12.3. The first kappa shape index (κ1) is 11.6. The number of fused-ring (bicyclic) bond motifs is 5. The van der Waals surface area contributed by atoms with Crippen LogP contribution in [-0.2, 0) is 0 Å². The molecule has 6 saturated carbocycles. The molecule has 0 amide bonds. The van der Waals surface area contributed by atoms with E-state index in [1.165, 1.54) is 76.2 Å². The molecule has 8 aliphatic rings. The van der Waals surface area contributed by atoms with Gasteiger partial charge >= 0.3 is 0 Å². The Labute approximate surface area is 135 Å². The first-order valence-electron chi connectivity index (χ1n) is 10.6. The molecule has 0 bridgehead atoms. The third-order valence-electron chi connectivity index (χ3n) is 11.1. The number of hydrogen-bond donors (Lipinski definition) is 0. The predicted molar refractivity (Wildman–Crippen MR) is 90.0 cm³/mol. The predicted octanol–water partition coefficient (Wildman–Crippen LogP) is 4.22. The van der Waals surface area contributed by atoms with E-state index >= 15 is 0 Å². The lowest BCUT2D eigenvalue weighted by Crippen LogP contribution is -2.67. The van der Waals surface area contributed by atoms with Gasteiger partial charge in [-0.25, -0.2) is 0 Å². The molecule has 6 fully saturated rings. The number of rotatable bonds is 0. The Hall–Kier alpha value is 0.0869. The second-order valence-electron chi connectivity index (χ2n) is 10.7. The van der Waals surface area contributed by atoms with Crippen molar-refractivity contribution in [1.82, 2.24) is 0 Å². The van der Waals surface area contributed by atoms with Crippen molar-refractivity contribution in [1.29, 1.82) is 0 Å². The molecule has 13 atom stereocenters. The summed E-state index contributed by atoms with van der Waals surface area (Å²) in [5.41, 5.74) is 2.46. The SMILES string of the molecule is CC1C2C3CCCC4C3C3C2C2=[Si]1C1CCCC5C(C2C51)C43. The van der Waals surface area contributed by atoms with Crippen molar-refractivity contribution in [3.63, 3.8) is 0 Å². The molecule has 6 aliphatic carbocycles. The lowest BCUT2D eigenvalue weighted by atomic mass is 9.35. The van der Waals surface area contributed by atoms with Gasteiger partial charge in [-0.15, -0.1) is 0 Å². The molecule has 0 aromatic heterocycles. The zero-order chi connectivity index (χ0) is 13.9. The van der Waals surface area contributed by atoms with E-state index in [1.54, 1.807) is 38.5 Å². The van der Waals surface area contributed by atoms with Gasteiger partial charge in [0.15, 0.2) is 0 Å². The monoisotopic (exact) mass is 308 g/mol. The molecule has 0 saturated heterocycles. The molecule has 13 unspecified atom stereocenters. The standard InChI is InChI=1S/C21H28Si/c1-8-13-9-4-2-5-10-14(9)18-16(10)17-11-6-3-7-12-15(11)20(17)21(19(13)18)22(8)12/h8-20H,2-7H2,1H3. The van der Waals surface area contributed by atoms with Gasteiger partial charge in [0.05, 0.1) is 0 Å². The van der Waals surface area contributed by atoms with Gasteiger partial charge in [0, 0.05) is 8.41 Å². The highest BCUT2D eigenvalue weighted by Crippen LogP contribution is 2.82. The lowest BCUT2D eigenvalue weighted by Gasteiger charge is -2.70. The van der Waals surface area contributed by atoms with Crippen molar-refractivity contribution in [3.05, 3.63) is 0 Å². The molecule has 0 radical (unpaired) electrons. The van der Waals surface area contributed by atoms with Gasteiger partial charge in [-0.1, -0.05) is 24.9 Å². The zero-order valence-corrected chi connectivity index (χ0v) is 14.7. The van der Waals surface area contributed by atoms with E-state index in [-0.39, 0.29) is 8.41 Å². The van der Waals surface area contributed by atoms with Gasteiger partial charge in [0.25, 0.3) is 0 Å². The highest BCUT2D eigenvalue weighted by atomic mass is 28.2. The Kier molecular flexibility index (Phi) is 1.72. The van der Waals surface area contributed by atoms with Crippen molar-refractivity contribution in [2.45, 2.75) is 56.5 Å². The Balaban J connectivity index is 1.42. The van der Waals surface area contributed by atoms with Crippen LogP contribution in [0, 0.1) is 65.1 Å². The van der Waals surface area contributed by atoms with Crippen LogP contribution in [0.4, 0.5) is 0 Å². The van der Waals surface area contributed by atoms with Crippen LogP contribution >= 0.6 is 0 Å². The molecule has 0 aromatic carbocycles. The van der Waals surface area contributed by atoms with Crippen LogP contribution in [0.2, 0.25) is 11.1 Å². The van der Waals surface area contributed by atoms with Gasteiger partial charge in [-0.2, -0.15) is 0 Å². The van der Waals surface area contributed by atoms with Gasteiger partial charge < -0.3 is 0 Å². The molecule has 0 aromatic rings. The Morgan fingerprint density at radius 1 is 0.682 bits per heavy atom. The fraction of sp³-hybridized carbons (Fsp3) is 0.952. The number of hydrogen-bond acceptors (Lipinski definition) is 0. The zero-order valence-electron chi connectivity index (χ0n) is 13.7. The average molecular weight is 309 g/mol. The third-order valence-corrected chi connectivity index (χ3v) is 15.2. The maximum absolute atomic E-state index is 2.77. The molecule has 116 valence electrons. The summed E-state index contributed by atoms with van der Waals surface area (Å²) in [7, 11) is -0.0824. The highest BCUT2D eigenvalue weighted by Gasteiger charge is 2.79. The largest absolute Gasteiger partial charge is 0.0815 e. The fourth-order valence-corrected chi connectivity index (χ4v) is 16.8. The molecule has 8 rings (SSSR count). The van der Waals surface area contributed by atoms with E-state index in [1.807, 2.05) is 0 Å². The highest BCUT2D eigenvalue weighted by molar-refractivity contribution is 6.77. The van der Waals surface area contributed by atoms with Crippen LogP contribution in [0.15, 0.2) is 0 Å². The maximum Gasteiger partial charge on any atom is 0.0164 e. The van der Waals surface area contributed by atoms with Gasteiger partial charge in [0.1, 0.15) is 0 Å². The Bertz CT molecular complexity index is 646. The normalized spacial score (nSPS) is 73.8. The molecular formula is C21H28Si. The summed E-state index contributed by atoms with van der Waals surface area (Å²) in [6.07, 6.45) is 9.83. The summed E-state index contributed by atoms with van der Waals surface area (Å²) < 4.78 is 0. The van der Waals surface area contributed by atoms with E-state index in [4.69, 9.17) is 0 Å². The van der Waals surface area contributed by atoms with Crippen LogP contribution in [-0.4, -0.2) is 13.6 Å². The second-order valence-corrected chi connectivity index (χ2v) is 13.8.